The van der Waals surface area contributed by atoms with Gasteiger partial charge in [-0.15, -0.1) is 0 Å². The number of amides is 1. The van der Waals surface area contributed by atoms with Gasteiger partial charge in [0.25, 0.3) is 5.91 Å². The van der Waals surface area contributed by atoms with Gasteiger partial charge in [-0.3, -0.25) is 9.48 Å². The highest BCUT2D eigenvalue weighted by Crippen LogP contribution is 2.16. The van der Waals surface area contributed by atoms with Crippen LogP contribution in [0.15, 0.2) is 40.9 Å². The average molecular weight is 320 g/mol. The standard InChI is InChI=1S/C15H20N4O2S/c1-11(14-9-10-16-19(14)2)17-15(20)12-5-7-13(8-6-12)18-22(3,4)21/h5-11H,1-4H3,(H,17,20). The van der Waals surface area contributed by atoms with E-state index in [1.165, 1.54) is 0 Å². The Morgan fingerprint density at radius 3 is 2.41 bits per heavy atom. The highest BCUT2D eigenvalue weighted by atomic mass is 32.2. The number of carbonyl (C=O) groups excluding carboxylic acids is 1. The second-order valence-electron chi connectivity index (χ2n) is 5.39. The monoisotopic (exact) mass is 320 g/mol. The van der Waals surface area contributed by atoms with Crippen LogP contribution in [0.2, 0.25) is 0 Å². The minimum Gasteiger partial charge on any atom is -0.344 e. The van der Waals surface area contributed by atoms with E-state index in [0.717, 1.165) is 5.69 Å². The maximum atomic E-state index is 12.2. The fourth-order valence-electron chi connectivity index (χ4n) is 2.09. The van der Waals surface area contributed by atoms with Gasteiger partial charge in [-0.2, -0.15) is 9.46 Å². The first-order chi connectivity index (χ1) is 10.3. The molecule has 118 valence electrons. The molecule has 0 aliphatic heterocycles. The molecule has 0 radical (unpaired) electrons. The summed E-state index contributed by atoms with van der Waals surface area (Å²) in [7, 11) is -0.364. The summed E-state index contributed by atoms with van der Waals surface area (Å²) >= 11 is 0. The number of nitrogens with one attached hydrogen (secondary N) is 1. The highest BCUT2D eigenvalue weighted by Gasteiger charge is 2.13. The first kappa shape index (κ1) is 16.2. The molecule has 7 heteroatoms. The predicted octanol–water partition coefficient (Wildman–Crippen LogP) is 2.27. The molecule has 1 aromatic heterocycles. The van der Waals surface area contributed by atoms with Crippen molar-refractivity contribution in [3.05, 3.63) is 47.8 Å². The lowest BCUT2D eigenvalue weighted by atomic mass is 10.1. The lowest BCUT2D eigenvalue weighted by Crippen LogP contribution is -2.27. The zero-order chi connectivity index (χ0) is 16.3. The molecule has 0 saturated carbocycles. The number of hydrogen-bond acceptors (Lipinski definition) is 4. The van der Waals surface area contributed by atoms with Crippen molar-refractivity contribution in [1.82, 2.24) is 15.1 Å². The predicted molar refractivity (Wildman–Crippen MR) is 87.6 cm³/mol. The highest BCUT2D eigenvalue weighted by molar-refractivity contribution is 7.92. The van der Waals surface area contributed by atoms with Crippen molar-refractivity contribution >= 4 is 21.3 Å². The smallest absolute Gasteiger partial charge is 0.251 e. The van der Waals surface area contributed by atoms with Crippen LogP contribution in [0.1, 0.15) is 29.0 Å². The van der Waals surface area contributed by atoms with Gasteiger partial charge < -0.3 is 5.32 Å². The lowest BCUT2D eigenvalue weighted by Gasteiger charge is -2.14. The normalized spacial score (nSPS) is 12.7. The molecule has 0 spiro atoms. The first-order valence-corrected chi connectivity index (χ1v) is 9.15. The molecule has 2 aromatic rings. The fraction of sp³-hybridized carbons (Fsp3) is 0.333. The zero-order valence-electron chi connectivity index (χ0n) is 13.1. The molecule has 1 unspecified atom stereocenters. The lowest BCUT2D eigenvalue weighted by molar-refractivity contribution is 0.0938. The van der Waals surface area contributed by atoms with Gasteiger partial charge in [0.2, 0.25) is 0 Å². The molecule has 0 aliphatic rings. The van der Waals surface area contributed by atoms with Crippen LogP contribution in [0, 0.1) is 0 Å². The van der Waals surface area contributed by atoms with Crippen molar-refractivity contribution in [3.63, 3.8) is 0 Å². The van der Waals surface area contributed by atoms with Crippen molar-refractivity contribution in [2.75, 3.05) is 12.5 Å². The quantitative estimate of drug-likeness (QED) is 0.939. The molecule has 0 fully saturated rings. The minimum absolute atomic E-state index is 0.144. The molecular formula is C15H20N4O2S. The van der Waals surface area contributed by atoms with E-state index in [0.29, 0.717) is 11.3 Å². The van der Waals surface area contributed by atoms with E-state index in [4.69, 9.17) is 0 Å². The van der Waals surface area contributed by atoms with E-state index in [2.05, 4.69) is 14.8 Å². The van der Waals surface area contributed by atoms with Gasteiger partial charge >= 0.3 is 0 Å². The van der Waals surface area contributed by atoms with Crippen LogP contribution in [0.4, 0.5) is 5.69 Å². The number of hydrogen-bond donors (Lipinski definition) is 1. The average Bonchev–Trinajstić information content (AvgIpc) is 2.84. The molecular weight excluding hydrogens is 300 g/mol. The maximum absolute atomic E-state index is 12.2. The van der Waals surface area contributed by atoms with Crippen LogP contribution < -0.4 is 5.32 Å². The Morgan fingerprint density at radius 1 is 1.27 bits per heavy atom. The summed E-state index contributed by atoms with van der Waals surface area (Å²) in [6.07, 6.45) is 4.84. The van der Waals surface area contributed by atoms with Gasteiger partial charge in [-0.1, -0.05) is 0 Å². The molecule has 0 bridgehead atoms. The van der Waals surface area contributed by atoms with Crippen molar-refractivity contribution in [1.29, 1.82) is 0 Å². The topological polar surface area (TPSA) is 76.3 Å². The van der Waals surface area contributed by atoms with Crippen LogP contribution in [-0.4, -0.2) is 32.4 Å². The Hall–Kier alpha value is -2.15. The molecule has 1 N–H and O–H groups in total. The zero-order valence-corrected chi connectivity index (χ0v) is 13.9. The van der Waals surface area contributed by atoms with Crippen LogP contribution >= 0.6 is 0 Å². The van der Waals surface area contributed by atoms with Gasteiger partial charge in [0.15, 0.2) is 0 Å². The molecule has 2 rings (SSSR count). The van der Waals surface area contributed by atoms with Gasteiger partial charge in [-0.05, 0) is 37.3 Å². The van der Waals surface area contributed by atoms with Gasteiger partial charge in [0.05, 0.1) is 17.4 Å². The van der Waals surface area contributed by atoms with E-state index < -0.39 is 9.73 Å². The molecule has 6 nitrogen and oxygen atoms in total. The van der Waals surface area contributed by atoms with E-state index in [9.17, 15) is 9.00 Å². The number of benzene rings is 1. The third kappa shape index (κ3) is 4.17. The largest absolute Gasteiger partial charge is 0.344 e. The van der Waals surface area contributed by atoms with Gasteiger partial charge in [0.1, 0.15) is 0 Å². The summed E-state index contributed by atoms with van der Waals surface area (Å²) in [5.74, 6) is -0.172. The van der Waals surface area contributed by atoms with Crippen LogP contribution in [0.3, 0.4) is 0 Å². The molecule has 0 aliphatic carbocycles. The van der Waals surface area contributed by atoms with E-state index in [1.807, 2.05) is 20.0 Å². The molecule has 1 atom stereocenters. The van der Waals surface area contributed by atoms with E-state index in [-0.39, 0.29) is 11.9 Å². The molecule has 22 heavy (non-hydrogen) atoms. The Morgan fingerprint density at radius 2 is 1.91 bits per heavy atom. The van der Waals surface area contributed by atoms with Crippen molar-refractivity contribution in [2.24, 2.45) is 11.4 Å². The molecule has 1 heterocycles. The number of nitrogens with zero attached hydrogens (tertiary/aromatic N) is 3. The van der Waals surface area contributed by atoms with E-state index in [1.54, 1.807) is 47.7 Å². The Balaban J connectivity index is 2.11. The Bertz CT molecular complexity index is 778. The maximum Gasteiger partial charge on any atom is 0.251 e. The number of aromatic nitrogens is 2. The van der Waals surface area contributed by atoms with Crippen LogP contribution in [-0.2, 0) is 16.8 Å². The third-order valence-electron chi connectivity index (χ3n) is 3.10. The summed E-state index contributed by atoms with van der Waals surface area (Å²) < 4.78 is 17.4. The summed E-state index contributed by atoms with van der Waals surface area (Å²) in [5, 5.41) is 7.01. The summed E-state index contributed by atoms with van der Waals surface area (Å²) in [6.45, 7) is 1.90. The first-order valence-electron chi connectivity index (χ1n) is 6.82. The van der Waals surface area contributed by atoms with E-state index >= 15 is 0 Å². The minimum atomic E-state index is -2.20. The third-order valence-corrected chi connectivity index (χ3v) is 3.76. The van der Waals surface area contributed by atoms with Crippen molar-refractivity contribution < 1.29 is 9.00 Å². The second kappa shape index (κ2) is 6.31. The van der Waals surface area contributed by atoms with Gasteiger partial charge in [-0.25, -0.2) is 4.21 Å². The van der Waals surface area contributed by atoms with Crippen LogP contribution in [0.25, 0.3) is 0 Å². The van der Waals surface area contributed by atoms with Gasteiger partial charge in [0, 0.05) is 41.0 Å². The number of aryl methyl sites for hydroxylation is 1. The van der Waals surface area contributed by atoms with Crippen molar-refractivity contribution in [2.45, 2.75) is 13.0 Å². The molecule has 1 aromatic carbocycles. The fourth-order valence-corrected chi connectivity index (χ4v) is 2.72. The van der Waals surface area contributed by atoms with Crippen molar-refractivity contribution in [3.8, 4) is 0 Å². The summed E-state index contributed by atoms with van der Waals surface area (Å²) in [4.78, 5) is 12.2. The number of carbonyl (C=O) groups is 1. The Labute approximate surface area is 130 Å². The van der Waals surface area contributed by atoms with Crippen LogP contribution in [0.5, 0.6) is 0 Å². The summed E-state index contributed by atoms with van der Waals surface area (Å²) in [5.41, 5.74) is 2.06. The molecule has 0 saturated heterocycles. The Kier molecular flexibility index (Phi) is 4.65. The SMILES string of the molecule is CC(NC(=O)c1ccc(N=S(C)(C)=O)cc1)c1ccnn1C. The second-order valence-corrected chi connectivity index (χ2v) is 7.94. The number of rotatable bonds is 4. The summed E-state index contributed by atoms with van der Waals surface area (Å²) in [6, 6.07) is 8.46. The molecule has 1 amide bonds.